The van der Waals surface area contributed by atoms with Gasteiger partial charge in [0, 0.05) is 17.3 Å². The highest BCUT2D eigenvalue weighted by Gasteiger charge is 2.17. The molecule has 156 valence electrons. The molecule has 0 unspecified atom stereocenters. The number of amides is 1. The Morgan fingerprint density at radius 2 is 1.67 bits per heavy atom. The van der Waals surface area contributed by atoms with E-state index in [-0.39, 0.29) is 16.1 Å². The van der Waals surface area contributed by atoms with Crippen molar-refractivity contribution in [3.63, 3.8) is 0 Å². The third kappa shape index (κ3) is 4.87. The third-order valence-corrected chi connectivity index (χ3v) is 5.54. The van der Waals surface area contributed by atoms with Gasteiger partial charge in [0.05, 0.1) is 24.8 Å². The van der Waals surface area contributed by atoms with Crippen molar-refractivity contribution < 1.29 is 27.1 Å². The first-order chi connectivity index (χ1) is 14.3. The van der Waals surface area contributed by atoms with Crippen LogP contribution in [0.5, 0.6) is 11.5 Å². The first-order valence-electron chi connectivity index (χ1n) is 8.74. The largest absolute Gasteiger partial charge is 0.497 e. The van der Waals surface area contributed by atoms with Gasteiger partial charge < -0.3 is 14.8 Å². The maximum atomic E-state index is 13.3. The molecule has 3 rings (SSSR count). The van der Waals surface area contributed by atoms with Crippen LogP contribution in [-0.4, -0.2) is 28.5 Å². The van der Waals surface area contributed by atoms with Gasteiger partial charge in [-0.15, -0.1) is 0 Å². The number of hydrogen-bond acceptors (Lipinski definition) is 5. The monoisotopic (exact) mass is 430 g/mol. The number of nitrogens with one attached hydrogen (secondary N) is 2. The number of methoxy groups -OCH3 is 2. The highest BCUT2D eigenvalue weighted by molar-refractivity contribution is 7.92. The van der Waals surface area contributed by atoms with Crippen LogP contribution in [0.1, 0.15) is 10.4 Å². The summed E-state index contributed by atoms with van der Waals surface area (Å²) in [6.45, 7) is 0. The number of benzene rings is 3. The van der Waals surface area contributed by atoms with E-state index in [2.05, 4.69) is 10.0 Å². The zero-order valence-electron chi connectivity index (χ0n) is 16.2. The molecule has 9 heteroatoms. The lowest BCUT2D eigenvalue weighted by atomic mass is 10.2. The topological polar surface area (TPSA) is 93.7 Å². The summed E-state index contributed by atoms with van der Waals surface area (Å²) in [5, 5.41) is 2.59. The molecule has 1 amide bonds. The molecule has 0 saturated heterocycles. The molecule has 0 atom stereocenters. The van der Waals surface area contributed by atoms with E-state index in [4.69, 9.17) is 9.47 Å². The summed E-state index contributed by atoms with van der Waals surface area (Å²) >= 11 is 0. The lowest BCUT2D eigenvalue weighted by Gasteiger charge is -2.13. The molecule has 30 heavy (non-hydrogen) atoms. The van der Waals surface area contributed by atoms with Crippen LogP contribution in [0.3, 0.4) is 0 Å². The minimum atomic E-state index is -3.90. The van der Waals surface area contributed by atoms with Crippen LogP contribution < -0.4 is 19.5 Å². The normalized spacial score (nSPS) is 10.9. The SMILES string of the molecule is COc1ccc(NS(=O)(=O)c2ccc(NC(=O)c3cccc(F)c3)cc2)c(OC)c1. The van der Waals surface area contributed by atoms with Gasteiger partial charge in [-0.3, -0.25) is 9.52 Å². The predicted molar refractivity (Wildman–Crippen MR) is 111 cm³/mol. The van der Waals surface area contributed by atoms with Crippen LogP contribution in [0.15, 0.2) is 71.6 Å². The molecule has 0 aliphatic heterocycles. The fourth-order valence-corrected chi connectivity index (χ4v) is 3.71. The maximum Gasteiger partial charge on any atom is 0.262 e. The first kappa shape index (κ1) is 21.1. The van der Waals surface area contributed by atoms with Gasteiger partial charge in [-0.1, -0.05) is 6.07 Å². The number of halogens is 1. The Labute approximate surface area is 173 Å². The fraction of sp³-hybridized carbons (Fsp3) is 0.0952. The molecule has 0 aliphatic carbocycles. The molecule has 3 aromatic rings. The Hall–Kier alpha value is -3.59. The van der Waals surface area contributed by atoms with Crippen LogP contribution in [0.25, 0.3) is 0 Å². The van der Waals surface area contributed by atoms with Gasteiger partial charge in [-0.2, -0.15) is 0 Å². The molecule has 0 spiro atoms. The number of ether oxygens (including phenoxy) is 2. The number of rotatable bonds is 7. The molecule has 3 aromatic carbocycles. The second-order valence-electron chi connectivity index (χ2n) is 6.16. The van der Waals surface area contributed by atoms with Crippen molar-refractivity contribution in [2.75, 3.05) is 24.3 Å². The van der Waals surface area contributed by atoms with E-state index in [1.165, 1.54) is 62.8 Å². The molecule has 0 aliphatic rings. The number of carbonyl (C=O) groups excluding carboxylic acids is 1. The standard InChI is InChI=1S/C21H19FN2O5S/c1-28-17-8-11-19(20(13-17)29-2)24-30(26,27)18-9-6-16(7-10-18)23-21(25)14-4-3-5-15(22)12-14/h3-13,24H,1-2H3,(H,23,25). The zero-order chi connectivity index (χ0) is 21.7. The molecule has 7 nitrogen and oxygen atoms in total. The number of hydrogen-bond donors (Lipinski definition) is 2. The van der Waals surface area contributed by atoms with E-state index < -0.39 is 21.7 Å². The molecule has 0 bridgehead atoms. The summed E-state index contributed by atoms with van der Waals surface area (Å²) in [5.74, 6) is -0.208. The van der Waals surface area contributed by atoms with Gasteiger partial charge in [0.25, 0.3) is 15.9 Å². The Morgan fingerprint density at radius 3 is 2.30 bits per heavy atom. The van der Waals surface area contributed by atoms with Gasteiger partial charge in [-0.25, -0.2) is 12.8 Å². The molecular formula is C21H19FN2O5S. The van der Waals surface area contributed by atoms with Crippen LogP contribution in [0, 0.1) is 5.82 Å². The van der Waals surface area contributed by atoms with Gasteiger partial charge in [0.2, 0.25) is 0 Å². The van der Waals surface area contributed by atoms with Crippen molar-refractivity contribution in [3.05, 3.63) is 78.1 Å². The van der Waals surface area contributed by atoms with Crippen LogP contribution in [0.2, 0.25) is 0 Å². The Balaban J connectivity index is 1.76. The molecule has 0 radical (unpaired) electrons. The highest BCUT2D eigenvalue weighted by atomic mass is 32.2. The predicted octanol–water partition coefficient (Wildman–Crippen LogP) is 3.90. The minimum absolute atomic E-state index is 0.0101. The molecule has 0 fully saturated rings. The van der Waals surface area contributed by atoms with Crippen molar-refractivity contribution in [2.24, 2.45) is 0 Å². The lowest BCUT2D eigenvalue weighted by molar-refractivity contribution is 0.102. The summed E-state index contributed by atoms with van der Waals surface area (Å²) in [7, 11) is -0.989. The van der Waals surface area contributed by atoms with Gasteiger partial charge in [0.15, 0.2) is 0 Å². The third-order valence-electron chi connectivity index (χ3n) is 4.16. The average molecular weight is 430 g/mol. The second-order valence-corrected chi connectivity index (χ2v) is 7.84. The summed E-state index contributed by atoms with van der Waals surface area (Å²) in [4.78, 5) is 12.2. The van der Waals surface area contributed by atoms with Gasteiger partial charge in [-0.05, 0) is 54.6 Å². The molecule has 0 aromatic heterocycles. The lowest BCUT2D eigenvalue weighted by Crippen LogP contribution is -2.14. The van der Waals surface area contributed by atoms with E-state index >= 15 is 0 Å². The average Bonchev–Trinajstić information content (AvgIpc) is 2.74. The number of sulfonamides is 1. The first-order valence-corrected chi connectivity index (χ1v) is 10.2. The van der Waals surface area contributed by atoms with E-state index in [0.717, 1.165) is 6.07 Å². The van der Waals surface area contributed by atoms with E-state index in [1.807, 2.05) is 0 Å². The molecule has 2 N–H and O–H groups in total. The fourth-order valence-electron chi connectivity index (χ4n) is 2.64. The van der Waals surface area contributed by atoms with Crippen LogP contribution in [-0.2, 0) is 10.0 Å². The van der Waals surface area contributed by atoms with Crippen molar-refractivity contribution in [1.82, 2.24) is 0 Å². The molecule has 0 saturated carbocycles. The van der Waals surface area contributed by atoms with Crippen molar-refractivity contribution in [1.29, 1.82) is 0 Å². The van der Waals surface area contributed by atoms with E-state index in [0.29, 0.717) is 17.2 Å². The zero-order valence-corrected chi connectivity index (χ0v) is 17.0. The highest BCUT2D eigenvalue weighted by Crippen LogP contribution is 2.31. The summed E-state index contributed by atoms with van der Waals surface area (Å²) in [5.41, 5.74) is 0.770. The summed E-state index contributed by atoms with van der Waals surface area (Å²) < 4.78 is 51.4. The Bertz CT molecular complexity index is 1160. The molecule has 0 heterocycles. The van der Waals surface area contributed by atoms with Gasteiger partial charge in [0.1, 0.15) is 17.3 Å². The Kier molecular flexibility index (Phi) is 6.22. The van der Waals surface area contributed by atoms with Crippen LogP contribution in [0.4, 0.5) is 15.8 Å². The van der Waals surface area contributed by atoms with E-state index in [1.54, 1.807) is 12.1 Å². The van der Waals surface area contributed by atoms with Crippen molar-refractivity contribution in [2.45, 2.75) is 4.90 Å². The second kappa shape index (κ2) is 8.83. The maximum absolute atomic E-state index is 13.3. The number of anilines is 2. The Morgan fingerprint density at radius 1 is 0.933 bits per heavy atom. The van der Waals surface area contributed by atoms with Crippen molar-refractivity contribution >= 4 is 27.3 Å². The van der Waals surface area contributed by atoms with Crippen LogP contribution >= 0.6 is 0 Å². The summed E-state index contributed by atoms with van der Waals surface area (Å²) in [6, 6.07) is 15.5. The number of carbonyl (C=O) groups is 1. The molecular weight excluding hydrogens is 411 g/mol. The smallest absolute Gasteiger partial charge is 0.262 e. The minimum Gasteiger partial charge on any atom is -0.497 e. The quantitative estimate of drug-likeness (QED) is 0.593. The summed E-state index contributed by atoms with van der Waals surface area (Å²) in [6.07, 6.45) is 0. The van der Waals surface area contributed by atoms with Crippen molar-refractivity contribution in [3.8, 4) is 11.5 Å². The van der Waals surface area contributed by atoms with Gasteiger partial charge >= 0.3 is 0 Å². The van der Waals surface area contributed by atoms with E-state index in [9.17, 15) is 17.6 Å².